The zero-order valence-electron chi connectivity index (χ0n) is 9.69. The van der Waals surface area contributed by atoms with Crippen LogP contribution >= 0.6 is 27.3 Å². The van der Waals surface area contributed by atoms with E-state index >= 15 is 0 Å². The van der Waals surface area contributed by atoms with Gasteiger partial charge in [0.2, 0.25) is 0 Å². The third-order valence-electron chi connectivity index (χ3n) is 2.66. The van der Waals surface area contributed by atoms with Gasteiger partial charge in [0.25, 0.3) is 0 Å². The number of aliphatic hydroxyl groups is 1. The second kappa shape index (κ2) is 5.34. The maximum atomic E-state index is 10.4. The van der Waals surface area contributed by atoms with E-state index in [0.717, 1.165) is 4.47 Å². The Kier molecular flexibility index (Phi) is 4.02. The summed E-state index contributed by atoms with van der Waals surface area (Å²) in [6.07, 6.45) is 1.36. The molecule has 2 aromatic rings. The van der Waals surface area contributed by atoms with Crippen LogP contribution in [0, 0.1) is 0 Å². The molecule has 1 N–H and O–H groups in total. The first-order valence-corrected chi connectivity index (χ1v) is 7.22. The summed E-state index contributed by atoms with van der Waals surface area (Å²) in [5.41, 5.74) is 0.472. The highest BCUT2D eigenvalue weighted by molar-refractivity contribution is 9.10. The van der Waals surface area contributed by atoms with Crippen LogP contribution in [0.2, 0.25) is 0 Å². The highest BCUT2D eigenvalue weighted by atomic mass is 79.9. The molecule has 0 aliphatic rings. The Morgan fingerprint density at radius 2 is 1.88 bits per heavy atom. The molecule has 1 nitrogen and oxygen atoms in total. The van der Waals surface area contributed by atoms with Gasteiger partial charge >= 0.3 is 0 Å². The Balaban J connectivity index is 2.07. The molecule has 0 radical (unpaired) electrons. The van der Waals surface area contributed by atoms with Crippen LogP contribution in [0.5, 0.6) is 0 Å². The molecule has 3 heteroatoms. The molecule has 0 amide bonds. The first-order chi connectivity index (χ1) is 8.07. The summed E-state index contributed by atoms with van der Waals surface area (Å²) in [6, 6.07) is 12.1. The van der Waals surface area contributed by atoms with Crippen LogP contribution in [-0.4, -0.2) is 10.7 Å². The molecule has 1 atom stereocenters. The van der Waals surface area contributed by atoms with Crippen molar-refractivity contribution in [2.45, 2.75) is 25.4 Å². The molecule has 1 aromatic heterocycles. The molecule has 0 saturated heterocycles. The van der Waals surface area contributed by atoms with E-state index in [-0.39, 0.29) is 0 Å². The maximum Gasteiger partial charge on any atom is 0.0708 e. The number of hydrogen-bond acceptors (Lipinski definition) is 2. The molecule has 1 aromatic carbocycles. The normalized spacial score (nSPS) is 14.5. The lowest BCUT2D eigenvalue weighted by atomic mass is 9.93. The monoisotopic (exact) mass is 310 g/mol. The fourth-order valence-corrected chi connectivity index (χ4v) is 3.57. The van der Waals surface area contributed by atoms with Gasteiger partial charge in [0.1, 0.15) is 0 Å². The lowest BCUT2D eigenvalue weighted by Crippen LogP contribution is -2.29. The molecule has 1 heterocycles. The highest BCUT2D eigenvalue weighted by Gasteiger charge is 2.23. The largest absolute Gasteiger partial charge is 0.389 e. The SMILES string of the molecule is CC(O)(Cc1ccccc1)Cc1sccc1Br. The second-order valence-corrected chi connectivity index (χ2v) is 6.38. The summed E-state index contributed by atoms with van der Waals surface area (Å²) in [4.78, 5) is 1.20. The first kappa shape index (κ1) is 12.8. The molecule has 0 bridgehead atoms. The first-order valence-electron chi connectivity index (χ1n) is 5.55. The van der Waals surface area contributed by atoms with Crippen LogP contribution in [0.4, 0.5) is 0 Å². The smallest absolute Gasteiger partial charge is 0.0708 e. The van der Waals surface area contributed by atoms with Crippen LogP contribution in [0.3, 0.4) is 0 Å². The predicted molar refractivity (Wildman–Crippen MR) is 76.5 cm³/mol. The van der Waals surface area contributed by atoms with Gasteiger partial charge in [0.15, 0.2) is 0 Å². The number of hydrogen-bond donors (Lipinski definition) is 1. The summed E-state index contributed by atoms with van der Waals surface area (Å²) >= 11 is 5.18. The van der Waals surface area contributed by atoms with E-state index in [2.05, 4.69) is 28.1 Å². The van der Waals surface area contributed by atoms with Gasteiger partial charge in [-0.3, -0.25) is 0 Å². The Hall–Kier alpha value is -0.640. The molecule has 90 valence electrons. The molecule has 2 rings (SSSR count). The molecule has 0 spiro atoms. The van der Waals surface area contributed by atoms with Crippen molar-refractivity contribution in [1.82, 2.24) is 0 Å². The third-order valence-corrected chi connectivity index (χ3v) is 4.59. The van der Waals surface area contributed by atoms with Crippen molar-refractivity contribution in [3.05, 3.63) is 56.7 Å². The lowest BCUT2D eigenvalue weighted by Gasteiger charge is -2.23. The van der Waals surface area contributed by atoms with Crippen LogP contribution in [0.25, 0.3) is 0 Å². The molecular formula is C14H15BrOS. The highest BCUT2D eigenvalue weighted by Crippen LogP contribution is 2.28. The van der Waals surface area contributed by atoms with E-state index in [1.807, 2.05) is 36.6 Å². The molecule has 0 aliphatic heterocycles. The van der Waals surface area contributed by atoms with E-state index in [1.54, 1.807) is 11.3 Å². The summed E-state index contributed by atoms with van der Waals surface area (Å²) in [6.45, 7) is 1.90. The van der Waals surface area contributed by atoms with Gasteiger partial charge in [-0.2, -0.15) is 0 Å². The van der Waals surface area contributed by atoms with Crippen LogP contribution in [0.1, 0.15) is 17.4 Å². The minimum absolute atomic E-state index is 0.679. The average Bonchev–Trinajstić information content (AvgIpc) is 2.64. The third kappa shape index (κ3) is 3.66. The molecule has 0 aliphatic carbocycles. The summed E-state index contributed by atoms with van der Waals surface area (Å²) < 4.78 is 1.09. The average molecular weight is 311 g/mol. The minimum Gasteiger partial charge on any atom is -0.389 e. The summed E-state index contributed by atoms with van der Waals surface area (Å²) in [7, 11) is 0. The van der Waals surface area contributed by atoms with Gasteiger partial charge < -0.3 is 5.11 Å². The maximum absolute atomic E-state index is 10.4. The zero-order chi connectivity index (χ0) is 12.3. The van der Waals surface area contributed by atoms with E-state index in [0.29, 0.717) is 12.8 Å². The Labute approximate surface area is 114 Å². The van der Waals surface area contributed by atoms with Gasteiger partial charge in [0, 0.05) is 22.2 Å². The number of rotatable bonds is 4. The van der Waals surface area contributed by atoms with E-state index in [4.69, 9.17) is 0 Å². The summed E-state index contributed by atoms with van der Waals surface area (Å²) in [5, 5.41) is 12.5. The zero-order valence-corrected chi connectivity index (χ0v) is 12.1. The van der Waals surface area contributed by atoms with Crippen molar-refractivity contribution in [2.75, 3.05) is 0 Å². The van der Waals surface area contributed by atoms with Gasteiger partial charge in [0.05, 0.1) is 5.60 Å². The van der Waals surface area contributed by atoms with Crippen molar-refractivity contribution in [3.8, 4) is 0 Å². The van der Waals surface area contributed by atoms with Crippen molar-refractivity contribution in [2.24, 2.45) is 0 Å². The van der Waals surface area contributed by atoms with Gasteiger partial charge in [-0.25, -0.2) is 0 Å². The van der Waals surface area contributed by atoms with E-state index < -0.39 is 5.60 Å². The van der Waals surface area contributed by atoms with E-state index in [9.17, 15) is 5.11 Å². The topological polar surface area (TPSA) is 20.2 Å². The van der Waals surface area contributed by atoms with Crippen LogP contribution in [-0.2, 0) is 12.8 Å². The Bertz CT molecular complexity index is 476. The molecule has 0 fully saturated rings. The van der Waals surface area contributed by atoms with E-state index in [1.165, 1.54) is 10.4 Å². The second-order valence-electron chi connectivity index (χ2n) is 4.53. The van der Waals surface area contributed by atoms with Crippen molar-refractivity contribution < 1.29 is 5.11 Å². The lowest BCUT2D eigenvalue weighted by molar-refractivity contribution is 0.0615. The standard InChI is InChI=1S/C14H15BrOS/c1-14(16,9-11-5-3-2-4-6-11)10-13-12(15)7-8-17-13/h2-8,16H,9-10H2,1H3. The van der Waals surface area contributed by atoms with Crippen LogP contribution < -0.4 is 0 Å². The van der Waals surface area contributed by atoms with Crippen molar-refractivity contribution >= 4 is 27.3 Å². The quantitative estimate of drug-likeness (QED) is 0.903. The molecule has 0 saturated carbocycles. The fraction of sp³-hybridized carbons (Fsp3) is 0.286. The Morgan fingerprint density at radius 1 is 1.18 bits per heavy atom. The Morgan fingerprint density at radius 3 is 2.47 bits per heavy atom. The van der Waals surface area contributed by atoms with Gasteiger partial charge in [-0.1, -0.05) is 30.3 Å². The van der Waals surface area contributed by atoms with Crippen molar-refractivity contribution in [1.29, 1.82) is 0 Å². The molecule has 17 heavy (non-hydrogen) atoms. The van der Waals surface area contributed by atoms with Gasteiger partial charge in [-0.15, -0.1) is 11.3 Å². The number of thiophene rings is 1. The van der Waals surface area contributed by atoms with Crippen LogP contribution in [0.15, 0.2) is 46.3 Å². The van der Waals surface area contributed by atoms with Gasteiger partial charge in [-0.05, 0) is 39.9 Å². The van der Waals surface area contributed by atoms with Crippen molar-refractivity contribution in [3.63, 3.8) is 0 Å². The number of benzene rings is 1. The summed E-state index contributed by atoms with van der Waals surface area (Å²) in [5.74, 6) is 0. The minimum atomic E-state index is -0.700. The molecular weight excluding hydrogens is 296 g/mol. The predicted octanol–water partition coefficient (Wildman–Crippen LogP) is 4.05. The fourth-order valence-electron chi connectivity index (χ4n) is 1.90. The number of halogens is 1. The molecule has 1 unspecified atom stereocenters.